The van der Waals surface area contributed by atoms with Crippen LogP contribution < -0.4 is 3.82 Å². The minimum atomic E-state index is -4.36. The van der Waals surface area contributed by atoms with Crippen LogP contribution in [0.5, 0.6) is 0 Å². The van der Waals surface area contributed by atoms with Crippen LogP contribution in [-0.4, -0.2) is 42.5 Å². The standard InChI is InChI=1S/C6H6ClNO3S.Na/c7-8(12(9,10)11)6-4-2-1-3-5-6;/h1-5H,(H,9,10,11);. The molecule has 0 saturated carbocycles. The maximum Gasteiger partial charge on any atom is 0.374 e. The molecule has 0 aromatic heterocycles. The molecule has 1 rings (SSSR count). The Bertz CT molecular complexity index is 355. The normalized spacial score (nSPS) is 10.3. The monoisotopic (exact) mass is 230 g/mol. The van der Waals surface area contributed by atoms with Crippen LogP contribution in [0.25, 0.3) is 0 Å². The van der Waals surface area contributed by atoms with Crippen LogP contribution in [0, 0.1) is 0 Å². The molecule has 0 bridgehead atoms. The van der Waals surface area contributed by atoms with Gasteiger partial charge in [0.15, 0.2) is 0 Å². The molecule has 0 atom stereocenters. The summed E-state index contributed by atoms with van der Waals surface area (Å²) in [7, 11) is -4.36. The third-order valence-corrected chi connectivity index (χ3v) is 2.50. The van der Waals surface area contributed by atoms with Gasteiger partial charge in [0, 0.05) is 41.3 Å². The summed E-state index contributed by atoms with van der Waals surface area (Å²) in [6.07, 6.45) is 0. The van der Waals surface area contributed by atoms with Crippen molar-refractivity contribution in [3.63, 3.8) is 0 Å². The van der Waals surface area contributed by atoms with Crippen LogP contribution in [0.15, 0.2) is 30.3 Å². The van der Waals surface area contributed by atoms with E-state index in [9.17, 15) is 8.42 Å². The van der Waals surface area contributed by atoms with Gasteiger partial charge in [-0.1, -0.05) is 18.2 Å². The van der Waals surface area contributed by atoms with E-state index in [1.807, 2.05) is 0 Å². The first-order valence-corrected chi connectivity index (χ1v) is 4.74. The Hall–Kier alpha value is 0.220. The molecule has 0 spiro atoms. The second-order valence-corrected chi connectivity index (χ2v) is 3.83. The van der Waals surface area contributed by atoms with Gasteiger partial charge in [-0.25, -0.2) is 0 Å². The summed E-state index contributed by atoms with van der Waals surface area (Å²) < 4.78 is 29.7. The van der Waals surface area contributed by atoms with Crippen LogP contribution >= 0.6 is 11.8 Å². The van der Waals surface area contributed by atoms with E-state index >= 15 is 0 Å². The van der Waals surface area contributed by atoms with Crippen molar-refractivity contribution in [2.45, 2.75) is 0 Å². The van der Waals surface area contributed by atoms with E-state index in [-0.39, 0.29) is 39.1 Å². The first kappa shape index (κ1) is 13.2. The zero-order chi connectivity index (χ0) is 9.19. The smallest absolute Gasteiger partial charge is 0.268 e. The van der Waals surface area contributed by atoms with E-state index < -0.39 is 10.3 Å². The van der Waals surface area contributed by atoms with Gasteiger partial charge in [-0.3, -0.25) is 4.55 Å². The Morgan fingerprint density at radius 2 is 1.69 bits per heavy atom. The quantitative estimate of drug-likeness (QED) is 0.470. The topological polar surface area (TPSA) is 57.6 Å². The fraction of sp³-hybridized carbons (Fsp3) is 0. The Balaban J connectivity index is 0.00000144. The van der Waals surface area contributed by atoms with Gasteiger partial charge in [-0.05, 0) is 12.1 Å². The number of rotatable bonds is 2. The predicted molar refractivity (Wildman–Crippen MR) is 52.1 cm³/mol. The summed E-state index contributed by atoms with van der Waals surface area (Å²) in [5.41, 5.74) is 0.196. The zero-order valence-corrected chi connectivity index (χ0v) is 10.5. The molecule has 0 aliphatic heterocycles. The molecule has 67 valence electrons. The molecule has 1 radical (unpaired) electrons. The van der Waals surface area contributed by atoms with Crippen molar-refractivity contribution in [1.29, 1.82) is 0 Å². The molecule has 0 unspecified atom stereocenters. The molecule has 1 aromatic carbocycles. The Kier molecular flexibility index (Phi) is 5.28. The van der Waals surface area contributed by atoms with Gasteiger partial charge in [0.05, 0.1) is 5.69 Å². The van der Waals surface area contributed by atoms with E-state index in [2.05, 4.69) is 0 Å². The van der Waals surface area contributed by atoms with Crippen molar-refractivity contribution >= 4 is 57.3 Å². The second kappa shape index (κ2) is 5.19. The van der Waals surface area contributed by atoms with E-state index in [0.29, 0.717) is 0 Å². The van der Waals surface area contributed by atoms with Crippen molar-refractivity contribution < 1.29 is 13.0 Å². The molecule has 0 saturated heterocycles. The summed E-state index contributed by atoms with van der Waals surface area (Å²) in [6.45, 7) is 0. The summed E-state index contributed by atoms with van der Waals surface area (Å²) in [6, 6.07) is 7.84. The number of nitrogens with zero attached hydrogens (tertiary/aromatic N) is 1. The molecule has 0 fully saturated rings. The largest absolute Gasteiger partial charge is 0.374 e. The van der Waals surface area contributed by atoms with E-state index in [0.717, 1.165) is 0 Å². The summed E-state index contributed by atoms with van der Waals surface area (Å²) >= 11 is 5.28. The summed E-state index contributed by atoms with van der Waals surface area (Å²) in [5.74, 6) is 0. The maximum atomic E-state index is 10.5. The predicted octanol–water partition coefficient (Wildman–Crippen LogP) is 1.07. The molecule has 0 aliphatic rings. The summed E-state index contributed by atoms with van der Waals surface area (Å²) in [5, 5.41) is 0. The Morgan fingerprint density at radius 1 is 1.23 bits per heavy atom. The van der Waals surface area contributed by atoms with Gasteiger partial charge in [0.2, 0.25) is 0 Å². The molecular weight excluding hydrogens is 225 g/mol. The van der Waals surface area contributed by atoms with Gasteiger partial charge in [-0.2, -0.15) is 12.2 Å². The van der Waals surface area contributed by atoms with Crippen molar-refractivity contribution in [3.8, 4) is 0 Å². The first-order chi connectivity index (χ1) is 5.52. The Labute approximate surface area is 104 Å². The minimum absolute atomic E-state index is 0. The number of anilines is 1. The van der Waals surface area contributed by atoms with Crippen LogP contribution in [0.2, 0.25) is 0 Å². The van der Waals surface area contributed by atoms with Crippen LogP contribution in [0.4, 0.5) is 5.69 Å². The average molecular weight is 231 g/mol. The van der Waals surface area contributed by atoms with Gasteiger partial charge in [0.1, 0.15) is 0 Å². The third-order valence-electron chi connectivity index (χ3n) is 1.16. The van der Waals surface area contributed by atoms with E-state index in [1.54, 1.807) is 18.2 Å². The van der Waals surface area contributed by atoms with Crippen molar-refractivity contribution in [2.24, 2.45) is 0 Å². The molecule has 13 heavy (non-hydrogen) atoms. The van der Waals surface area contributed by atoms with Crippen LogP contribution in [-0.2, 0) is 10.3 Å². The molecule has 0 heterocycles. The second-order valence-electron chi connectivity index (χ2n) is 2.03. The third kappa shape index (κ3) is 3.84. The van der Waals surface area contributed by atoms with Gasteiger partial charge in [-0.15, -0.1) is 0 Å². The SMILES string of the molecule is O=S(=O)(O)N(Cl)c1ccccc1.[Na]. The molecular formula is C6H6ClNNaO3S. The molecule has 1 N–H and O–H groups in total. The molecule has 0 aliphatic carbocycles. The maximum absolute atomic E-state index is 10.5. The fourth-order valence-corrected chi connectivity index (χ4v) is 1.18. The molecule has 4 nitrogen and oxygen atoms in total. The number of hydrogen-bond donors (Lipinski definition) is 1. The molecule has 7 heteroatoms. The number of benzene rings is 1. The van der Waals surface area contributed by atoms with E-state index in [1.165, 1.54) is 12.1 Å². The van der Waals surface area contributed by atoms with Gasteiger partial charge in [0.25, 0.3) is 0 Å². The first-order valence-electron chi connectivity index (χ1n) is 3.00. The van der Waals surface area contributed by atoms with Gasteiger partial charge >= 0.3 is 10.3 Å². The zero-order valence-electron chi connectivity index (χ0n) is 6.88. The van der Waals surface area contributed by atoms with Crippen LogP contribution in [0.3, 0.4) is 0 Å². The van der Waals surface area contributed by atoms with Crippen LogP contribution in [0.1, 0.15) is 0 Å². The van der Waals surface area contributed by atoms with E-state index in [4.69, 9.17) is 16.3 Å². The number of para-hydroxylation sites is 1. The summed E-state index contributed by atoms with van der Waals surface area (Å²) in [4.78, 5) is 0. The minimum Gasteiger partial charge on any atom is -0.268 e. The molecule has 1 aromatic rings. The fourth-order valence-electron chi connectivity index (χ4n) is 0.678. The average Bonchev–Trinajstić information content (AvgIpc) is 2.03. The Morgan fingerprint density at radius 3 is 2.08 bits per heavy atom. The van der Waals surface area contributed by atoms with Crippen molar-refractivity contribution in [1.82, 2.24) is 0 Å². The van der Waals surface area contributed by atoms with Gasteiger partial charge < -0.3 is 0 Å². The van der Waals surface area contributed by atoms with Crippen molar-refractivity contribution in [3.05, 3.63) is 30.3 Å². The number of halogens is 1. The number of hydrogen-bond acceptors (Lipinski definition) is 2. The van der Waals surface area contributed by atoms with Crippen molar-refractivity contribution in [2.75, 3.05) is 3.82 Å². The molecule has 0 amide bonds.